The van der Waals surface area contributed by atoms with E-state index in [9.17, 15) is 9.59 Å². The smallest absolute Gasteiger partial charge is 0.325 e. The first-order chi connectivity index (χ1) is 9.13. The van der Waals surface area contributed by atoms with Gasteiger partial charge in [-0.05, 0) is 18.1 Å². The summed E-state index contributed by atoms with van der Waals surface area (Å²) in [6.45, 7) is 3.64. The van der Waals surface area contributed by atoms with Crippen LogP contribution in [0.4, 0.5) is 4.79 Å². The van der Waals surface area contributed by atoms with Gasteiger partial charge in [0.15, 0.2) is 0 Å². The highest BCUT2D eigenvalue weighted by Crippen LogP contribution is 2.29. The molecule has 6 heteroatoms. The van der Waals surface area contributed by atoms with Crippen molar-refractivity contribution >= 4 is 24.6 Å². The lowest BCUT2D eigenvalue weighted by Crippen LogP contribution is -2.51. The zero-order chi connectivity index (χ0) is 13.9. The van der Waals surface area contributed by atoms with Gasteiger partial charge in [0.2, 0.25) is 0 Å². The number of nitrogens with zero attached hydrogens (tertiary/aromatic N) is 1. The van der Waals surface area contributed by atoms with Crippen molar-refractivity contribution < 1.29 is 14.3 Å². The Hall–Kier alpha value is -0.750. The van der Waals surface area contributed by atoms with E-state index in [0.29, 0.717) is 38.4 Å². The summed E-state index contributed by atoms with van der Waals surface area (Å²) in [6.07, 6.45) is 3.17. The molecule has 1 spiro atoms. The Morgan fingerprint density at radius 2 is 2.11 bits per heavy atom. The molecular formula is C13H22N2O3S. The molecule has 2 aliphatic rings. The molecule has 1 unspecified atom stereocenters. The van der Waals surface area contributed by atoms with Gasteiger partial charge in [-0.1, -0.05) is 13.3 Å². The predicted molar refractivity (Wildman–Crippen MR) is 75.3 cm³/mol. The second-order valence-corrected chi connectivity index (χ2v) is 5.74. The number of hydrogen-bond donors (Lipinski definition) is 2. The van der Waals surface area contributed by atoms with E-state index in [-0.39, 0.29) is 17.9 Å². The number of hydrogen-bond acceptors (Lipinski definition) is 4. The maximum atomic E-state index is 12.5. The van der Waals surface area contributed by atoms with E-state index < -0.39 is 5.54 Å². The van der Waals surface area contributed by atoms with Crippen molar-refractivity contribution in [2.75, 3.05) is 25.5 Å². The minimum Gasteiger partial charge on any atom is -0.381 e. The molecule has 2 aliphatic heterocycles. The Kier molecular flexibility index (Phi) is 4.73. The topological polar surface area (TPSA) is 58.6 Å². The highest BCUT2D eigenvalue weighted by Gasteiger charge is 2.51. The van der Waals surface area contributed by atoms with Crippen LogP contribution in [0.5, 0.6) is 0 Å². The number of carbonyl (C=O) groups is 2. The Bertz CT molecular complexity index is 356. The molecule has 0 aromatic carbocycles. The van der Waals surface area contributed by atoms with Crippen molar-refractivity contribution in [1.82, 2.24) is 10.2 Å². The molecule has 5 nitrogen and oxygen atoms in total. The van der Waals surface area contributed by atoms with Gasteiger partial charge in [-0.25, -0.2) is 4.79 Å². The average molecular weight is 286 g/mol. The van der Waals surface area contributed by atoms with Crippen LogP contribution in [0.3, 0.4) is 0 Å². The molecule has 0 aromatic heterocycles. The van der Waals surface area contributed by atoms with Gasteiger partial charge in [0.25, 0.3) is 5.91 Å². The van der Waals surface area contributed by atoms with Crippen LogP contribution in [0.1, 0.15) is 32.6 Å². The lowest BCUT2D eigenvalue weighted by Gasteiger charge is -2.30. The number of rotatable bonds is 5. The third kappa shape index (κ3) is 2.89. The average Bonchev–Trinajstić information content (AvgIpc) is 2.63. The van der Waals surface area contributed by atoms with Gasteiger partial charge < -0.3 is 10.1 Å². The van der Waals surface area contributed by atoms with E-state index in [0.717, 1.165) is 12.8 Å². The van der Waals surface area contributed by atoms with Gasteiger partial charge in [0, 0.05) is 32.6 Å². The zero-order valence-corrected chi connectivity index (χ0v) is 12.2. The minimum absolute atomic E-state index is 0.0799. The van der Waals surface area contributed by atoms with Gasteiger partial charge >= 0.3 is 6.03 Å². The molecule has 3 amide bonds. The van der Waals surface area contributed by atoms with Crippen molar-refractivity contribution in [2.24, 2.45) is 5.92 Å². The largest absolute Gasteiger partial charge is 0.381 e. The lowest BCUT2D eigenvalue weighted by molar-refractivity contribution is -0.134. The van der Waals surface area contributed by atoms with Crippen LogP contribution < -0.4 is 5.32 Å². The molecule has 2 heterocycles. The number of ether oxygens (including phenoxy) is 1. The standard InChI is InChI=1S/C13H22N2O3S/c1-2-3-10(9-19)8-15-11(16)13(14-12(15)17)4-6-18-7-5-13/h10,19H,2-9H2,1H3,(H,14,17). The maximum Gasteiger partial charge on any atom is 0.325 e. The summed E-state index contributed by atoms with van der Waals surface area (Å²) in [4.78, 5) is 25.9. The number of amides is 3. The zero-order valence-electron chi connectivity index (χ0n) is 11.4. The van der Waals surface area contributed by atoms with Crippen LogP contribution in [-0.2, 0) is 9.53 Å². The number of thiol groups is 1. The second kappa shape index (κ2) is 6.13. The Morgan fingerprint density at radius 3 is 2.68 bits per heavy atom. The van der Waals surface area contributed by atoms with Gasteiger partial charge in [0.05, 0.1) is 0 Å². The van der Waals surface area contributed by atoms with Gasteiger partial charge in [0.1, 0.15) is 5.54 Å². The van der Waals surface area contributed by atoms with E-state index in [4.69, 9.17) is 4.74 Å². The number of carbonyl (C=O) groups excluding carboxylic acids is 2. The molecule has 0 radical (unpaired) electrons. The molecule has 19 heavy (non-hydrogen) atoms. The van der Waals surface area contributed by atoms with Crippen LogP contribution in [0, 0.1) is 5.92 Å². The van der Waals surface area contributed by atoms with Crippen molar-refractivity contribution in [3.8, 4) is 0 Å². The van der Waals surface area contributed by atoms with Gasteiger partial charge in [-0.3, -0.25) is 9.69 Å². The highest BCUT2D eigenvalue weighted by atomic mass is 32.1. The summed E-state index contributed by atoms with van der Waals surface area (Å²) >= 11 is 4.31. The van der Waals surface area contributed by atoms with E-state index >= 15 is 0 Å². The molecule has 1 atom stereocenters. The number of imide groups is 1. The Labute approximate surface area is 119 Å². The van der Waals surface area contributed by atoms with Crippen molar-refractivity contribution in [1.29, 1.82) is 0 Å². The summed E-state index contributed by atoms with van der Waals surface area (Å²) in [5.74, 6) is 0.891. The third-order valence-corrected chi connectivity index (χ3v) is 4.50. The van der Waals surface area contributed by atoms with Gasteiger partial charge in [-0.15, -0.1) is 0 Å². The fourth-order valence-corrected chi connectivity index (χ4v) is 3.11. The van der Waals surface area contributed by atoms with Crippen molar-refractivity contribution in [3.05, 3.63) is 0 Å². The molecule has 0 saturated carbocycles. The third-order valence-electron chi connectivity index (χ3n) is 3.99. The number of nitrogens with one attached hydrogen (secondary N) is 1. The first-order valence-electron chi connectivity index (χ1n) is 6.95. The molecule has 108 valence electrons. The van der Waals surface area contributed by atoms with Crippen LogP contribution >= 0.6 is 12.6 Å². The molecule has 1 N–H and O–H groups in total. The maximum absolute atomic E-state index is 12.5. The van der Waals surface area contributed by atoms with E-state index in [1.807, 2.05) is 0 Å². The Balaban J connectivity index is 2.05. The minimum atomic E-state index is -0.706. The Morgan fingerprint density at radius 1 is 1.42 bits per heavy atom. The fourth-order valence-electron chi connectivity index (χ4n) is 2.81. The molecule has 2 fully saturated rings. The van der Waals surface area contributed by atoms with E-state index in [1.165, 1.54) is 4.90 Å². The second-order valence-electron chi connectivity index (χ2n) is 5.38. The summed E-state index contributed by atoms with van der Waals surface area (Å²) < 4.78 is 5.28. The fraction of sp³-hybridized carbons (Fsp3) is 0.846. The first-order valence-corrected chi connectivity index (χ1v) is 7.59. The summed E-state index contributed by atoms with van der Waals surface area (Å²) in [5, 5.41) is 2.87. The van der Waals surface area contributed by atoms with Crippen LogP contribution in [-0.4, -0.2) is 47.9 Å². The summed E-state index contributed by atoms with van der Waals surface area (Å²) in [5.41, 5.74) is -0.706. The van der Waals surface area contributed by atoms with Gasteiger partial charge in [-0.2, -0.15) is 12.6 Å². The monoisotopic (exact) mass is 286 g/mol. The van der Waals surface area contributed by atoms with Crippen LogP contribution in [0.25, 0.3) is 0 Å². The van der Waals surface area contributed by atoms with E-state index in [2.05, 4.69) is 24.9 Å². The van der Waals surface area contributed by atoms with Crippen LogP contribution in [0.2, 0.25) is 0 Å². The lowest BCUT2D eigenvalue weighted by atomic mass is 9.90. The molecule has 0 bridgehead atoms. The molecule has 2 rings (SSSR count). The van der Waals surface area contributed by atoms with Crippen molar-refractivity contribution in [2.45, 2.75) is 38.1 Å². The highest BCUT2D eigenvalue weighted by molar-refractivity contribution is 7.80. The predicted octanol–water partition coefficient (Wildman–Crippen LogP) is 1.43. The van der Waals surface area contributed by atoms with Crippen molar-refractivity contribution in [3.63, 3.8) is 0 Å². The normalized spacial score (nSPS) is 23.8. The summed E-state index contributed by atoms with van der Waals surface area (Å²) in [7, 11) is 0. The van der Waals surface area contributed by atoms with E-state index in [1.54, 1.807) is 0 Å². The molecular weight excluding hydrogens is 264 g/mol. The quantitative estimate of drug-likeness (QED) is 0.594. The number of urea groups is 1. The van der Waals surface area contributed by atoms with Crippen LogP contribution in [0.15, 0.2) is 0 Å². The summed E-state index contributed by atoms with van der Waals surface area (Å²) in [6, 6.07) is -0.255. The SMILES string of the molecule is CCCC(CS)CN1C(=O)NC2(CCOCC2)C1=O. The first kappa shape index (κ1) is 14.7. The molecule has 0 aliphatic carbocycles. The molecule has 0 aromatic rings. The molecule has 2 saturated heterocycles.